The summed E-state index contributed by atoms with van der Waals surface area (Å²) < 4.78 is 0. The van der Waals surface area contributed by atoms with Crippen LogP contribution in [0.4, 0.5) is 5.95 Å². The van der Waals surface area contributed by atoms with Gasteiger partial charge in [0.05, 0.1) is 5.41 Å². The van der Waals surface area contributed by atoms with E-state index >= 15 is 0 Å². The number of amides is 1. The fraction of sp³-hybridized carbons (Fsp3) is 0.500. The van der Waals surface area contributed by atoms with Gasteiger partial charge in [-0.3, -0.25) is 10.1 Å². The number of carbonyl (C=O) groups is 1. The number of imidazole rings is 1. The molecule has 0 bridgehead atoms. The molecule has 1 aromatic heterocycles. The zero-order chi connectivity index (χ0) is 9.31. The third-order valence-electron chi connectivity index (χ3n) is 2.46. The number of rotatable bonds is 3. The number of H-pyrrole nitrogens is 1. The average molecular weight is 180 g/mol. The Balaban J connectivity index is 2.00. The second kappa shape index (κ2) is 2.85. The molecular weight excluding hydrogens is 168 g/mol. The van der Waals surface area contributed by atoms with Gasteiger partial charge in [-0.2, -0.15) is 0 Å². The average Bonchev–Trinajstić information content (AvgIpc) is 2.79. The van der Waals surface area contributed by atoms with Gasteiger partial charge in [-0.15, -0.1) is 0 Å². The van der Waals surface area contributed by atoms with E-state index in [0.29, 0.717) is 12.5 Å². The van der Waals surface area contributed by atoms with Gasteiger partial charge in [0.1, 0.15) is 0 Å². The van der Waals surface area contributed by atoms with Crippen LogP contribution in [0.5, 0.6) is 0 Å². The normalized spacial score (nSPS) is 18.2. The SMILES string of the molecule is NCC1(C(=O)Nc2ncc[nH]2)CC1. The van der Waals surface area contributed by atoms with Gasteiger partial charge < -0.3 is 10.7 Å². The Kier molecular flexibility index (Phi) is 1.81. The lowest BCUT2D eigenvalue weighted by molar-refractivity contribution is -0.120. The minimum Gasteiger partial charge on any atom is -0.331 e. The molecule has 5 nitrogen and oxygen atoms in total. The van der Waals surface area contributed by atoms with Crippen molar-refractivity contribution >= 4 is 11.9 Å². The monoisotopic (exact) mass is 180 g/mol. The predicted octanol–water partition coefficient (Wildman–Crippen LogP) is 0.0871. The van der Waals surface area contributed by atoms with Crippen LogP contribution in [0.2, 0.25) is 0 Å². The molecule has 2 rings (SSSR count). The topological polar surface area (TPSA) is 83.8 Å². The van der Waals surface area contributed by atoms with Gasteiger partial charge in [0, 0.05) is 18.9 Å². The molecule has 1 amide bonds. The molecule has 0 radical (unpaired) electrons. The number of hydrogen-bond acceptors (Lipinski definition) is 3. The van der Waals surface area contributed by atoms with Crippen molar-refractivity contribution in [3.63, 3.8) is 0 Å². The molecular formula is C8H12N4O. The molecule has 0 aliphatic heterocycles. The fourth-order valence-corrected chi connectivity index (χ4v) is 1.25. The number of nitrogens with zero attached hydrogens (tertiary/aromatic N) is 1. The lowest BCUT2D eigenvalue weighted by Crippen LogP contribution is -2.31. The highest BCUT2D eigenvalue weighted by molar-refractivity contribution is 5.96. The summed E-state index contributed by atoms with van der Waals surface area (Å²) in [4.78, 5) is 18.3. The molecule has 0 aromatic carbocycles. The summed E-state index contributed by atoms with van der Waals surface area (Å²) in [7, 11) is 0. The third-order valence-corrected chi connectivity index (χ3v) is 2.46. The largest absolute Gasteiger partial charge is 0.331 e. The van der Waals surface area contributed by atoms with Crippen molar-refractivity contribution in [3.8, 4) is 0 Å². The van der Waals surface area contributed by atoms with Gasteiger partial charge in [-0.1, -0.05) is 0 Å². The Morgan fingerprint density at radius 2 is 2.54 bits per heavy atom. The van der Waals surface area contributed by atoms with Gasteiger partial charge >= 0.3 is 0 Å². The van der Waals surface area contributed by atoms with Crippen molar-refractivity contribution < 1.29 is 4.79 Å². The zero-order valence-electron chi connectivity index (χ0n) is 7.21. The maximum absolute atomic E-state index is 11.6. The van der Waals surface area contributed by atoms with Gasteiger partial charge in [-0.05, 0) is 12.8 Å². The standard InChI is InChI=1S/C8H12N4O/c9-5-8(1-2-8)6(13)12-7-10-3-4-11-7/h3-4H,1-2,5,9H2,(H2,10,11,12,13). The Labute approximate surface area is 75.7 Å². The highest BCUT2D eigenvalue weighted by Crippen LogP contribution is 2.45. The summed E-state index contributed by atoms with van der Waals surface area (Å²) in [6.07, 6.45) is 5.03. The van der Waals surface area contributed by atoms with Crippen LogP contribution in [0, 0.1) is 5.41 Å². The van der Waals surface area contributed by atoms with Gasteiger partial charge in [0.25, 0.3) is 0 Å². The molecule has 70 valence electrons. The van der Waals surface area contributed by atoms with Crippen LogP contribution in [0.1, 0.15) is 12.8 Å². The second-order valence-corrected chi connectivity index (χ2v) is 3.38. The number of aromatic amines is 1. The lowest BCUT2D eigenvalue weighted by atomic mass is 10.1. The van der Waals surface area contributed by atoms with Gasteiger partial charge in [0.2, 0.25) is 11.9 Å². The summed E-state index contributed by atoms with van der Waals surface area (Å²) in [6.45, 7) is 0.416. The van der Waals surface area contributed by atoms with Crippen LogP contribution in [-0.2, 0) is 4.79 Å². The van der Waals surface area contributed by atoms with Crippen molar-refractivity contribution in [1.29, 1.82) is 0 Å². The maximum Gasteiger partial charge on any atom is 0.234 e. The Bertz CT molecular complexity index is 302. The molecule has 1 saturated carbocycles. The molecule has 1 aliphatic rings. The van der Waals surface area contributed by atoms with Crippen molar-refractivity contribution in [2.24, 2.45) is 11.1 Å². The summed E-state index contributed by atoms with van der Waals surface area (Å²) >= 11 is 0. The highest BCUT2D eigenvalue weighted by Gasteiger charge is 2.48. The number of hydrogen-bond donors (Lipinski definition) is 3. The first-order valence-corrected chi connectivity index (χ1v) is 4.28. The van der Waals surface area contributed by atoms with E-state index in [-0.39, 0.29) is 11.3 Å². The van der Waals surface area contributed by atoms with Gasteiger partial charge in [0.15, 0.2) is 0 Å². The molecule has 1 aliphatic carbocycles. The lowest BCUT2D eigenvalue weighted by Gasteiger charge is -2.10. The summed E-state index contributed by atoms with van der Waals surface area (Å²) in [6, 6.07) is 0. The van der Waals surface area contributed by atoms with Crippen LogP contribution in [-0.4, -0.2) is 22.4 Å². The Morgan fingerprint density at radius 1 is 1.77 bits per heavy atom. The van der Waals surface area contributed by atoms with E-state index in [1.807, 2.05) is 0 Å². The fourth-order valence-electron chi connectivity index (χ4n) is 1.25. The summed E-state index contributed by atoms with van der Waals surface area (Å²) in [5, 5.41) is 2.69. The summed E-state index contributed by atoms with van der Waals surface area (Å²) in [5.74, 6) is 0.467. The molecule has 0 saturated heterocycles. The van der Waals surface area contributed by atoms with Crippen molar-refractivity contribution in [1.82, 2.24) is 9.97 Å². The van der Waals surface area contributed by atoms with Crippen LogP contribution < -0.4 is 11.1 Å². The molecule has 1 heterocycles. The molecule has 13 heavy (non-hydrogen) atoms. The van der Waals surface area contributed by atoms with E-state index in [0.717, 1.165) is 12.8 Å². The molecule has 4 N–H and O–H groups in total. The van der Waals surface area contributed by atoms with Crippen LogP contribution in [0.25, 0.3) is 0 Å². The smallest absolute Gasteiger partial charge is 0.234 e. The van der Waals surface area contributed by atoms with Crippen molar-refractivity contribution in [3.05, 3.63) is 12.4 Å². The molecule has 1 fully saturated rings. The third kappa shape index (κ3) is 1.42. The first-order valence-electron chi connectivity index (χ1n) is 4.28. The van der Waals surface area contributed by atoms with E-state index in [1.54, 1.807) is 12.4 Å². The number of nitrogens with two attached hydrogens (primary N) is 1. The first kappa shape index (κ1) is 8.25. The maximum atomic E-state index is 11.6. The van der Waals surface area contributed by atoms with E-state index in [9.17, 15) is 4.79 Å². The number of anilines is 1. The van der Waals surface area contributed by atoms with E-state index in [1.165, 1.54) is 0 Å². The van der Waals surface area contributed by atoms with Crippen molar-refractivity contribution in [2.75, 3.05) is 11.9 Å². The quantitative estimate of drug-likeness (QED) is 0.616. The Morgan fingerprint density at radius 3 is 3.00 bits per heavy atom. The second-order valence-electron chi connectivity index (χ2n) is 3.38. The van der Waals surface area contributed by atoms with Gasteiger partial charge in [-0.25, -0.2) is 4.98 Å². The minimum absolute atomic E-state index is 0.0232. The minimum atomic E-state index is -0.313. The van der Waals surface area contributed by atoms with Crippen LogP contribution >= 0.6 is 0 Å². The predicted molar refractivity (Wildman–Crippen MR) is 47.9 cm³/mol. The molecule has 0 atom stereocenters. The zero-order valence-corrected chi connectivity index (χ0v) is 7.21. The molecule has 0 spiro atoms. The van der Waals surface area contributed by atoms with Crippen LogP contribution in [0.15, 0.2) is 12.4 Å². The molecule has 0 unspecified atom stereocenters. The first-order chi connectivity index (χ1) is 6.27. The number of carbonyl (C=O) groups excluding carboxylic acids is 1. The van der Waals surface area contributed by atoms with E-state index in [2.05, 4.69) is 15.3 Å². The molecule has 5 heteroatoms. The van der Waals surface area contributed by atoms with E-state index < -0.39 is 0 Å². The highest BCUT2D eigenvalue weighted by atomic mass is 16.2. The van der Waals surface area contributed by atoms with Crippen LogP contribution in [0.3, 0.4) is 0 Å². The number of aromatic nitrogens is 2. The van der Waals surface area contributed by atoms with E-state index in [4.69, 9.17) is 5.73 Å². The Hall–Kier alpha value is -1.36. The molecule has 1 aromatic rings. The summed E-state index contributed by atoms with van der Waals surface area (Å²) in [5.41, 5.74) is 5.19. The van der Waals surface area contributed by atoms with Crippen molar-refractivity contribution in [2.45, 2.75) is 12.8 Å². The number of nitrogens with one attached hydrogen (secondary N) is 2.